The van der Waals surface area contributed by atoms with Crippen LogP contribution in [0.2, 0.25) is 0 Å². The van der Waals surface area contributed by atoms with E-state index in [4.69, 9.17) is 10.6 Å². The van der Waals surface area contributed by atoms with Crippen LogP contribution >= 0.6 is 0 Å². The number of hydrazine groups is 1. The molecule has 110 valence electrons. The smallest absolute Gasteiger partial charge is 0.238 e. The van der Waals surface area contributed by atoms with E-state index in [2.05, 4.69) is 18.4 Å². The summed E-state index contributed by atoms with van der Waals surface area (Å²) in [6.07, 6.45) is 1.18. The molecule has 0 heterocycles. The number of carbonyl (C=O) groups excluding carboxylic acids is 1. The largest absolute Gasteiger partial charge is 0.489 e. The lowest BCUT2D eigenvalue weighted by atomic mass is 10.0. The quantitative estimate of drug-likeness (QED) is 0.486. The molecule has 2 aromatic carbocycles. The van der Waals surface area contributed by atoms with Crippen LogP contribution in [0.5, 0.6) is 5.75 Å². The minimum Gasteiger partial charge on any atom is -0.489 e. The molecule has 0 bridgehead atoms. The number of hydrogen-bond donors (Lipinski definition) is 2. The van der Waals surface area contributed by atoms with Gasteiger partial charge in [-0.2, -0.15) is 0 Å². The van der Waals surface area contributed by atoms with Gasteiger partial charge in [0.2, 0.25) is 5.91 Å². The maximum atomic E-state index is 11.4. The lowest BCUT2D eigenvalue weighted by molar-refractivity contribution is -0.120. The first kappa shape index (κ1) is 15.1. The Labute approximate surface area is 124 Å². The van der Waals surface area contributed by atoms with Gasteiger partial charge in [0.15, 0.2) is 0 Å². The molecular weight excluding hydrogens is 264 g/mol. The molecule has 0 unspecified atom stereocenters. The fourth-order valence-corrected chi connectivity index (χ4v) is 2.19. The summed E-state index contributed by atoms with van der Waals surface area (Å²) in [6.45, 7) is 2.53. The van der Waals surface area contributed by atoms with Gasteiger partial charge in [-0.15, -0.1) is 0 Å². The zero-order valence-corrected chi connectivity index (χ0v) is 12.1. The Kier molecular flexibility index (Phi) is 5.35. The van der Waals surface area contributed by atoms with E-state index >= 15 is 0 Å². The second kappa shape index (κ2) is 7.45. The van der Waals surface area contributed by atoms with Gasteiger partial charge in [-0.1, -0.05) is 49.4 Å². The number of para-hydroxylation sites is 1. The van der Waals surface area contributed by atoms with Crippen LogP contribution in [0, 0.1) is 0 Å². The van der Waals surface area contributed by atoms with Crippen molar-refractivity contribution in [3.63, 3.8) is 0 Å². The van der Waals surface area contributed by atoms with Crippen LogP contribution in [-0.4, -0.2) is 5.91 Å². The molecule has 0 radical (unpaired) electrons. The molecule has 0 saturated carbocycles. The van der Waals surface area contributed by atoms with Crippen molar-refractivity contribution < 1.29 is 9.53 Å². The average molecular weight is 284 g/mol. The summed E-state index contributed by atoms with van der Waals surface area (Å²) in [4.78, 5) is 11.4. The van der Waals surface area contributed by atoms with Gasteiger partial charge >= 0.3 is 0 Å². The van der Waals surface area contributed by atoms with Crippen molar-refractivity contribution >= 4 is 5.91 Å². The molecule has 3 N–H and O–H groups in total. The Morgan fingerprint density at radius 1 is 1.05 bits per heavy atom. The number of benzene rings is 2. The molecule has 0 fully saturated rings. The summed E-state index contributed by atoms with van der Waals surface area (Å²) >= 11 is 0. The van der Waals surface area contributed by atoms with E-state index in [1.807, 2.05) is 42.5 Å². The van der Waals surface area contributed by atoms with Crippen molar-refractivity contribution in [1.82, 2.24) is 5.43 Å². The first-order chi connectivity index (χ1) is 10.2. The summed E-state index contributed by atoms with van der Waals surface area (Å²) in [6, 6.07) is 15.7. The summed E-state index contributed by atoms with van der Waals surface area (Å²) in [5.74, 6) is 5.82. The van der Waals surface area contributed by atoms with Gasteiger partial charge in [0, 0.05) is 0 Å². The third-order valence-corrected chi connectivity index (χ3v) is 3.37. The van der Waals surface area contributed by atoms with Crippen molar-refractivity contribution in [1.29, 1.82) is 0 Å². The Balaban J connectivity index is 2.11. The molecule has 21 heavy (non-hydrogen) atoms. The molecule has 0 aromatic heterocycles. The maximum absolute atomic E-state index is 11.4. The highest BCUT2D eigenvalue weighted by molar-refractivity contribution is 5.78. The zero-order chi connectivity index (χ0) is 15.1. The standard InChI is InChI=1S/C17H20N2O2/c1-2-13-7-5-6-10-16(13)21-12-15-9-4-3-8-14(15)11-17(20)19-18/h3-10H,2,11-12,18H2,1H3,(H,19,20). The molecule has 0 spiro atoms. The zero-order valence-electron chi connectivity index (χ0n) is 12.1. The molecule has 2 aromatic rings. The summed E-state index contributed by atoms with van der Waals surface area (Å²) in [7, 11) is 0. The predicted molar refractivity (Wildman–Crippen MR) is 82.6 cm³/mol. The summed E-state index contributed by atoms with van der Waals surface area (Å²) < 4.78 is 5.91. The molecule has 0 aliphatic heterocycles. The van der Waals surface area contributed by atoms with Crippen LogP contribution in [0.15, 0.2) is 48.5 Å². The molecule has 2 rings (SSSR count). The van der Waals surface area contributed by atoms with Crippen molar-refractivity contribution in [2.45, 2.75) is 26.4 Å². The maximum Gasteiger partial charge on any atom is 0.238 e. The fourth-order valence-electron chi connectivity index (χ4n) is 2.19. The number of nitrogens with two attached hydrogens (primary N) is 1. The highest BCUT2D eigenvalue weighted by Crippen LogP contribution is 2.20. The van der Waals surface area contributed by atoms with E-state index < -0.39 is 0 Å². The Morgan fingerprint density at radius 2 is 1.67 bits per heavy atom. The molecule has 0 saturated heterocycles. The van der Waals surface area contributed by atoms with Crippen molar-refractivity contribution in [3.05, 3.63) is 65.2 Å². The molecule has 0 aliphatic rings. The number of nitrogens with one attached hydrogen (secondary N) is 1. The topological polar surface area (TPSA) is 64.3 Å². The highest BCUT2D eigenvalue weighted by atomic mass is 16.5. The SMILES string of the molecule is CCc1ccccc1OCc1ccccc1CC(=O)NN. The summed E-state index contributed by atoms with van der Waals surface area (Å²) in [5, 5.41) is 0. The Hall–Kier alpha value is -2.33. The first-order valence-electron chi connectivity index (χ1n) is 7.01. The number of carbonyl (C=O) groups is 1. The van der Waals surface area contributed by atoms with Crippen molar-refractivity contribution in [2.24, 2.45) is 5.84 Å². The minimum atomic E-state index is -0.212. The molecular formula is C17H20N2O2. The number of rotatable bonds is 6. The van der Waals surface area contributed by atoms with Gasteiger partial charge < -0.3 is 4.74 Å². The average Bonchev–Trinajstić information content (AvgIpc) is 2.54. The van der Waals surface area contributed by atoms with Gasteiger partial charge in [-0.25, -0.2) is 5.84 Å². The number of amides is 1. The number of ether oxygens (including phenoxy) is 1. The van der Waals surface area contributed by atoms with Crippen molar-refractivity contribution in [2.75, 3.05) is 0 Å². The predicted octanol–water partition coefficient (Wildman–Crippen LogP) is 2.36. The van der Waals surface area contributed by atoms with Gasteiger partial charge in [0.05, 0.1) is 6.42 Å². The van der Waals surface area contributed by atoms with Crippen LogP contribution in [-0.2, 0) is 24.2 Å². The van der Waals surface area contributed by atoms with Gasteiger partial charge in [0.1, 0.15) is 12.4 Å². The Morgan fingerprint density at radius 3 is 2.33 bits per heavy atom. The minimum absolute atomic E-state index is 0.212. The molecule has 4 heteroatoms. The van der Waals surface area contributed by atoms with E-state index in [0.29, 0.717) is 6.61 Å². The fraction of sp³-hybridized carbons (Fsp3) is 0.235. The van der Waals surface area contributed by atoms with Gasteiger partial charge in [-0.05, 0) is 29.2 Å². The second-order valence-corrected chi connectivity index (χ2v) is 4.76. The van der Waals surface area contributed by atoms with Gasteiger partial charge in [-0.3, -0.25) is 10.2 Å². The van der Waals surface area contributed by atoms with Crippen LogP contribution in [0.3, 0.4) is 0 Å². The van der Waals surface area contributed by atoms with Gasteiger partial charge in [0.25, 0.3) is 0 Å². The number of hydrogen-bond acceptors (Lipinski definition) is 3. The summed E-state index contributed by atoms with van der Waals surface area (Å²) in [5.41, 5.74) is 5.25. The van der Waals surface area contributed by atoms with E-state index in [1.165, 1.54) is 5.56 Å². The number of aryl methyl sites for hydroxylation is 1. The monoisotopic (exact) mass is 284 g/mol. The lowest BCUT2D eigenvalue weighted by Crippen LogP contribution is -2.31. The molecule has 0 aliphatic carbocycles. The van der Waals surface area contributed by atoms with Crippen LogP contribution in [0.1, 0.15) is 23.6 Å². The van der Waals surface area contributed by atoms with Crippen LogP contribution in [0.4, 0.5) is 0 Å². The van der Waals surface area contributed by atoms with E-state index in [9.17, 15) is 4.79 Å². The molecule has 1 amide bonds. The molecule has 0 atom stereocenters. The first-order valence-corrected chi connectivity index (χ1v) is 7.01. The van der Waals surface area contributed by atoms with Crippen LogP contribution < -0.4 is 16.0 Å². The second-order valence-electron chi connectivity index (χ2n) is 4.76. The van der Waals surface area contributed by atoms with E-state index in [-0.39, 0.29) is 12.3 Å². The lowest BCUT2D eigenvalue weighted by Gasteiger charge is -2.13. The molecule has 4 nitrogen and oxygen atoms in total. The normalized spacial score (nSPS) is 10.2. The van der Waals surface area contributed by atoms with E-state index in [1.54, 1.807) is 0 Å². The highest BCUT2D eigenvalue weighted by Gasteiger charge is 2.08. The van der Waals surface area contributed by atoms with Crippen LogP contribution in [0.25, 0.3) is 0 Å². The third-order valence-electron chi connectivity index (χ3n) is 3.37. The third kappa shape index (κ3) is 4.07. The van der Waals surface area contributed by atoms with E-state index in [0.717, 1.165) is 23.3 Å². The van der Waals surface area contributed by atoms with Crippen molar-refractivity contribution in [3.8, 4) is 5.75 Å². The Bertz CT molecular complexity index is 611.